The van der Waals surface area contributed by atoms with E-state index >= 15 is 0 Å². The number of hydrogen-bond donors (Lipinski definition) is 0. The van der Waals surface area contributed by atoms with Gasteiger partial charge in [0.15, 0.2) is 0 Å². The predicted octanol–water partition coefficient (Wildman–Crippen LogP) is 0.0798. The van der Waals surface area contributed by atoms with Crippen LogP contribution in [0, 0.1) is 45.3 Å². The Labute approximate surface area is 108 Å². The van der Waals surface area contributed by atoms with Gasteiger partial charge in [0.1, 0.15) is 35.4 Å². The van der Waals surface area contributed by atoms with Crippen LogP contribution in [0.15, 0.2) is 24.3 Å². The van der Waals surface area contributed by atoms with Gasteiger partial charge in [-0.25, -0.2) is 0 Å². The van der Waals surface area contributed by atoms with E-state index in [1.807, 2.05) is 0 Å². The molecular formula is C12H4CuN4+2. The first kappa shape index (κ1) is 14.4. The van der Waals surface area contributed by atoms with Gasteiger partial charge >= 0.3 is 17.1 Å². The molecule has 0 aliphatic heterocycles. The van der Waals surface area contributed by atoms with E-state index in [0.717, 1.165) is 0 Å². The summed E-state index contributed by atoms with van der Waals surface area (Å²) in [6.07, 6.45) is 0. The summed E-state index contributed by atoms with van der Waals surface area (Å²) in [7, 11) is 0. The molecule has 1 rings (SSSR count). The SMILES string of the molecule is N#CC(C#N)=c1ccc(=C(C#N)C#N)cc1.[Cu+2]. The molecule has 0 spiro atoms. The van der Waals surface area contributed by atoms with E-state index in [1.54, 1.807) is 24.3 Å². The van der Waals surface area contributed by atoms with E-state index < -0.39 is 0 Å². The van der Waals surface area contributed by atoms with Crippen LogP contribution >= 0.6 is 0 Å². The molecule has 0 aromatic heterocycles. The van der Waals surface area contributed by atoms with Crippen LogP contribution in [0.5, 0.6) is 0 Å². The van der Waals surface area contributed by atoms with Crippen molar-refractivity contribution in [2.24, 2.45) is 0 Å². The molecular weight excluding hydrogens is 264 g/mol. The fourth-order valence-corrected chi connectivity index (χ4v) is 1.11. The average Bonchev–Trinajstić information content (AvgIpc) is 2.34. The van der Waals surface area contributed by atoms with Gasteiger partial charge < -0.3 is 0 Å². The summed E-state index contributed by atoms with van der Waals surface area (Å²) in [6, 6.07) is 13.2. The van der Waals surface area contributed by atoms with Crippen molar-refractivity contribution in [1.82, 2.24) is 0 Å². The molecule has 0 aliphatic rings. The molecule has 5 heteroatoms. The first-order valence-electron chi connectivity index (χ1n) is 4.22. The van der Waals surface area contributed by atoms with E-state index in [4.69, 9.17) is 21.0 Å². The maximum Gasteiger partial charge on any atom is 2.00 e. The van der Waals surface area contributed by atoms with Crippen LogP contribution in [-0.4, -0.2) is 0 Å². The second-order valence-corrected chi connectivity index (χ2v) is 2.77. The van der Waals surface area contributed by atoms with Crippen molar-refractivity contribution >= 4 is 11.1 Å². The molecule has 17 heavy (non-hydrogen) atoms. The summed E-state index contributed by atoms with van der Waals surface area (Å²) in [4.78, 5) is 0. The maximum atomic E-state index is 8.63. The average molecular weight is 268 g/mol. The maximum absolute atomic E-state index is 8.63. The molecule has 0 fully saturated rings. The van der Waals surface area contributed by atoms with Crippen LogP contribution in [0.4, 0.5) is 0 Å². The van der Waals surface area contributed by atoms with E-state index in [-0.39, 0.29) is 28.2 Å². The number of nitrogens with zero attached hydrogens (tertiary/aromatic N) is 4. The first-order chi connectivity index (χ1) is 7.76. The largest absolute Gasteiger partial charge is 2.00 e. The topological polar surface area (TPSA) is 95.2 Å². The van der Waals surface area contributed by atoms with Gasteiger partial charge in [0.25, 0.3) is 0 Å². The molecule has 0 saturated carbocycles. The second-order valence-electron chi connectivity index (χ2n) is 2.77. The third-order valence-electron chi connectivity index (χ3n) is 1.91. The molecule has 0 saturated heterocycles. The molecule has 81 valence electrons. The summed E-state index contributed by atoms with van der Waals surface area (Å²) in [6.45, 7) is 0. The molecule has 4 nitrogen and oxygen atoms in total. The molecule has 1 aromatic carbocycles. The van der Waals surface area contributed by atoms with Crippen LogP contribution < -0.4 is 10.4 Å². The van der Waals surface area contributed by atoms with E-state index in [0.29, 0.717) is 10.4 Å². The van der Waals surface area contributed by atoms with Crippen LogP contribution in [0.2, 0.25) is 0 Å². The Morgan fingerprint density at radius 3 is 1.06 bits per heavy atom. The van der Waals surface area contributed by atoms with Crippen molar-refractivity contribution in [3.8, 4) is 24.3 Å². The van der Waals surface area contributed by atoms with Crippen LogP contribution in [-0.2, 0) is 17.1 Å². The van der Waals surface area contributed by atoms with Crippen molar-refractivity contribution in [3.05, 3.63) is 34.7 Å². The smallest absolute Gasteiger partial charge is 0.192 e. The Balaban J connectivity index is 0.00000256. The Hall–Kier alpha value is -2.56. The molecule has 0 amide bonds. The van der Waals surface area contributed by atoms with Crippen molar-refractivity contribution in [2.45, 2.75) is 0 Å². The molecule has 0 bridgehead atoms. The van der Waals surface area contributed by atoms with Gasteiger partial charge in [0, 0.05) is 10.4 Å². The molecule has 0 heterocycles. The molecule has 0 aliphatic carbocycles. The monoisotopic (exact) mass is 267 g/mol. The molecule has 0 unspecified atom stereocenters. The quantitative estimate of drug-likeness (QED) is 0.622. The molecule has 0 N–H and O–H groups in total. The van der Waals surface area contributed by atoms with E-state index in [9.17, 15) is 0 Å². The van der Waals surface area contributed by atoms with Gasteiger partial charge in [-0.05, 0) is 0 Å². The minimum Gasteiger partial charge on any atom is -0.192 e. The molecule has 0 atom stereocenters. The van der Waals surface area contributed by atoms with Crippen molar-refractivity contribution in [3.63, 3.8) is 0 Å². The third-order valence-corrected chi connectivity index (χ3v) is 1.91. The first-order valence-corrected chi connectivity index (χ1v) is 4.22. The van der Waals surface area contributed by atoms with Gasteiger partial charge in [-0.1, -0.05) is 24.3 Å². The van der Waals surface area contributed by atoms with Crippen LogP contribution in [0.25, 0.3) is 11.1 Å². The van der Waals surface area contributed by atoms with E-state index in [2.05, 4.69) is 0 Å². The zero-order chi connectivity index (χ0) is 12.0. The Morgan fingerprint density at radius 1 is 0.647 bits per heavy atom. The van der Waals surface area contributed by atoms with Crippen LogP contribution in [0.1, 0.15) is 0 Å². The zero-order valence-corrected chi connectivity index (χ0v) is 9.34. The summed E-state index contributed by atoms with van der Waals surface area (Å²) < 4.78 is 0. The van der Waals surface area contributed by atoms with Gasteiger partial charge in [-0.15, -0.1) is 0 Å². The fraction of sp³-hybridized carbons (Fsp3) is 0. The van der Waals surface area contributed by atoms with Crippen LogP contribution in [0.3, 0.4) is 0 Å². The summed E-state index contributed by atoms with van der Waals surface area (Å²) in [5.74, 6) is 0. The second kappa shape index (κ2) is 6.84. The Kier molecular flexibility index (Phi) is 5.81. The number of hydrogen-bond acceptors (Lipinski definition) is 4. The van der Waals surface area contributed by atoms with Crippen molar-refractivity contribution < 1.29 is 17.1 Å². The Morgan fingerprint density at radius 2 is 0.882 bits per heavy atom. The van der Waals surface area contributed by atoms with E-state index in [1.165, 1.54) is 24.3 Å². The summed E-state index contributed by atoms with van der Waals surface area (Å²) in [5, 5.41) is 35.5. The normalized spacial score (nSPS) is 7.29. The van der Waals surface area contributed by atoms with Gasteiger partial charge in [0.2, 0.25) is 0 Å². The number of rotatable bonds is 0. The minimum atomic E-state index is 0. The van der Waals surface area contributed by atoms with Gasteiger partial charge in [-0.3, -0.25) is 0 Å². The minimum absolute atomic E-state index is 0. The zero-order valence-electron chi connectivity index (χ0n) is 8.40. The van der Waals surface area contributed by atoms with Crippen molar-refractivity contribution in [1.29, 1.82) is 21.0 Å². The number of nitriles is 4. The fourth-order valence-electron chi connectivity index (χ4n) is 1.11. The van der Waals surface area contributed by atoms with Gasteiger partial charge in [-0.2, -0.15) is 21.0 Å². The summed E-state index contributed by atoms with van der Waals surface area (Å²) in [5.41, 5.74) is 0.00373. The Bertz CT molecular complexity index is 587. The molecule has 1 aromatic rings. The predicted molar refractivity (Wildman–Crippen MR) is 55.0 cm³/mol. The third kappa shape index (κ3) is 3.20. The number of benzene rings is 1. The van der Waals surface area contributed by atoms with Gasteiger partial charge in [0.05, 0.1) is 0 Å². The standard InChI is InChI=1S/C12H4N4.Cu/c13-5-11(6-14)9-1-2-10(4-3-9)12(7-15)8-16;/h1-4H;/q;+2. The summed E-state index contributed by atoms with van der Waals surface area (Å²) >= 11 is 0. The molecule has 1 radical (unpaired) electrons. The van der Waals surface area contributed by atoms with Crippen molar-refractivity contribution in [2.75, 3.05) is 0 Å².